The van der Waals surface area contributed by atoms with Crippen LogP contribution in [0.15, 0.2) is 88.5 Å². The normalized spacial score (nSPS) is 16.1. The second kappa shape index (κ2) is 15.7. The topological polar surface area (TPSA) is 109 Å². The molecule has 3 aromatic carbocycles. The number of benzene rings is 3. The molecule has 4 aromatic rings. The number of ether oxygens (including phenoxy) is 1. The van der Waals surface area contributed by atoms with Gasteiger partial charge in [0.15, 0.2) is 0 Å². The zero-order chi connectivity index (χ0) is 37.8. The lowest BCUT2D eigenvalue weighted by molar-refractivity contribution is -0.138. The number of amides is 1. The first-order chi connectivity index (χ1) is 24.6. The summed E-state index contributed by atoms with van der Waals surface area (Å²) in [4.78, 5) is 45.5. The molecule has 1 aromatic heterocycles. The molecule has 1 aliphatic rings. The van der Waals surface area contributed by atoms with Crippen LogP contribution in [0.2, 0.25) is 0 Å². The maximum absolute atomic E-state index is 15.2. The molecular weight excluding hydrogens is 682 g/mol. The largest absolute Gasteiger partial charge is 0.444 e. The van der Waals surface area contributed by atoms with Gasteiger partial charge < -0.3 is 20.1 Å². The third kappa shape index (κ3) is 8.91. The van der Waals surface area contributed by atoms with Crippen molar-refractivity contribution < 1.29 is 32.2 Å². The molecule has 1 saturated heterocycles. The summed E-state index contributed by atoms with van der Waals surface area (Å²) in [6, 6.07) is 19.3. The molecule has 2 unspecified atom stereocenters. The van der Waals surface area contributed by atoms with Gasteiger partial charge in [0.1, 0.15) is 17.1 Å². The molecule has 0 saturated carbocycles. The highest BCUT2D eigenvalue weighted by Gasteiger charge is 2.36. The lowest BCUT2D eigenvalue weighted by atomic mass is 10.1. The van der Waals surface area contributed by atoms with Crippen molar-refractivity contribution in [1.29, 1.82) is 0 Å². The Kier molecular flexibility index (Phi) is 11.6. The van der Waals surface area contributed by atoms with Gasteiger partial charge in [0.05, 0.1) is 37.3 Å². The molecule has 14 heteroatoms. The van der Waals surface area contributed by atoms with E-state index in [0.29, 0.717) is 18.7 Å². The Morgan fingerprint density at radius 3 is 2.19 bits per heavy atom. The van der Waals surface area contributed by atoms with E-state index in [1.165, 1.54) is 6.92 Å². The number of halogens is 4. The van der Waals surface area contributed by atoms with Gasteiger partial charge >= 0.3 is 18.0 Å². The standard InChI is InChI=1S/C38H43F4N5O5/c1-25-33(45-19-18-44(28(21-45)24-48)20-26-12-7-5-8-13-26)34(49)47(23-32(27-14-9-6-10-15-27)43-35(50)52-37(2,3)4)36(51)46(25)22-29-30(38(40,41)42)16-11-17-31(29)39/h5-17,28,32,48H,18-24H2,1-4H3,(H,43,50). The minimum Gasteiger partial charge on any atom is -0.444 e. The summed E-state index contributed by atoms with van der Waals surface area (Å²) < 4.78 is 64.8. The Morgan fingerprint density at radius 1 is 0.923 bits per heavy atom. The monoisotopic (exact) mass is 725 g/mol. The number of aliphatic hydroxyl groups is 1. The third-order valence-electron chi connectivity index (χ3n) is 9.02. The molecule has 10 nitrogen and oxygen atoms in total. The zero-order valence-electron chi connectivity index (χ0n) is 29.5. The number of piperazine rings is 1. The summed E-state index contributed by atoms with van der Waals surface area (Å²) in [5, 5.41) is 13.2. The van der Waals surface area contributed by atoms with E-state index in [1.807, 2.05) is 30.3 Å². The van der Waals surface area contributed by atoms with Gasteiger partial charge in [-0.15, -0.1) is 0 Å². The van der Waals surface area contributed by atoms with E-state index in [-0.39, 0.29) is 31.1 Å². The lowest BCUT2D eigenvalue weighted by Crippen LogP contribution is -2.56. The van der Waals surface area contributed by atoms with Crippen LogP contribution < -0.4 is 21.5 Å². The Bertz CT molecular complexity index is 1980. The summed E-state index contributed by atoms with van der Waals surface area (Å²) in [5.74, 6) is -1.16. The van der Waals surface area contributed by atoms with Crippen LogP contribution in [0, 0.1) is 12.7 Å². The predicted octanol–water partition coefficient (Wildman–Crippen LogP) is 5.47. The third-order valence-corrected chi connectivity index (χ3v) is 9.02. The lowest BCUT2D eigenvalue weighted by Gasteiger charge is -2.42. The molecule has 0 bridgehead atoms. The molecule has 2 N–H and O–H groups in total. The summed E-state index contributed by atoms with van der Waals surface area (Å²) in [7, 11) is 0. The number of carbonyl (C=O) groups is 1. The number of hydrogen-bond donors (Lipinski definition) is 2. The van der Waals surface area contributed by atoms with Gasteiger partial charge in [-0.05, 0) is 51.0 Å². The molecule has 2 atom stereocenters. The van der Waals surface area contributed by atoms with Crippen molar-refractivity contribution in [3.8, 4) is 0 Å². The number of anilines is 1. The van der Waals surface area contributed by atoms with Crippen LogP contribution >= 0.6 is 0 Å². The fraction of sp³-hybridized carbons (Fsp3) is 0.395. The van der Waals surface area contributed by atoms with Crippen LogP contribution in [0.5, 0.6) is 0 Å². The number of hydrogen-bond acceptors (Lipinski definition) is 7. The maximum atomic E-state index is 15.2. The Morgan fingerprint density at radius 2 is 1.58 bits per heavy atom. The first kappa shape index (κ1) is 38.3. The van der Waals surface area contributed by atoms with E-state index >= 15 is 4.39 Å². The number of carbonyl (C=O) groups excluding carboxylic acids is 1. The smallest absolute Gasteiger partial charge is 0.416 e. The van der Waals surface area contributed by atoms with E-state index in [0.717, 1.165) is 32.9 Å². The predicted molar refractivity (Wildman–Crippen MR) is 189 cm³/mol. The summed E-state index contributed by atoms with van der Waals surface area (Å²) in [5.41, 5.74) is -3.01. The van der Waals surface area contributed by atoms with Crippen molar-refractivity contribution in [2.45, 2.75) is 71.2 Å². The molecule has 0 radical (unpaired) electrons. The summed E-state index contributed by atoms with van der Waals surface area (Å²) in [6.45, 7) is 6.35. The number of aromatic nitrogens is 2. The highest BCUT2D eigenvalue weighted by Crippen LogP contribution is 2.34. The van der Waals surface area contributed by atoms with Gasteiger partial charge in [-0.1, -0.05) is 66.7 Å². The average molecular weight is 726 g/mol. The average Bonchev–Trinajstić information content (AvgIpc) is 3.08. The van der Waals surface area contributed by atoms with E-state index in [2.05, 4.69) is 10.2 Å². The van der Waals surface area contributed by atoms with Crippen LogP contribution in [0.25, 0.3) is 0 Å². The Balaban J connectivity index is 1.63. The van der Waals surface area contributed by atoms with Crippen molar-refractivity contribution >= 4 is 11.8 Å². The zero-order valence-corrected chi connectivity index (χ0v) is 29.5. The van der Waals surface area contributed by atoms with Crippen molar-refractivity contribution in [2.75, 3.05) is 31.1 Å². The van der Waals surface area contributed by atoms with Gasteiger partial charge in [-0.25, -0.2) is 14.0 Å². The maximum Gasteiger partial charge on any atom is 0.416 e. The molecule has 52 heavy (non-hydrogen) atoms. The number of aliphatic hydroxyl groups excluding tert-OH is 1. The Labute approximate surface area is 298 Å². The fourth-order valence-corrected chi connectivity index (χ4v) is 6.49. The fourth-order valence-electron chi connectivity index (χ4n) is 6.49. The SMILES string of the molecule is Cc1c(N2CCN(Cc3ccccc3)C(CO)C2)c(=O)n(CC(NC(=O)OC(C)(C)C)c2ccccc2)c(=O)n1Cc1c(F)cccc1C(F)(F)F. The van der Waals surface area contributed by atoms with Crippen molar-refractivity contribution in [3.05, 3.63) is 133 Å². The van der Waals surface area contributed by atoms with Gasteiger partial charge in [0.2, 0.25) is 0 Å². The molecule has 5 rings (SSSR count). The second-order valence-electron chi connectivity index (χ2n) is 13.8. The highest BCUT2D eigenvalue weighted by atomic mass is 19.4. The number of nitrogens with one attached hydrogen (secondary N) is 1. The second-order valence-corrected chi connectivity index (χ2v) is 13.8. The molecule has 0 spiro atoms. The molecule has 1 fully saturated rings. The minimum atomic E-state index is -4.93. The van der Waals surface area contributed by atoms with Gasteiger partial charge in [-0.2, -0.15) is 13.2 Å². The van der Waals surface area contributed by atoms with E-state index in [1.54, 1.807) is 56.0 Å². The molecule has 0 aliphatic carbocycles. The number of nitrogens with zero attached hydrogens (tertiary/aromatic N) is 4. The van der Waals surface area contributed by atoms with Crippen molar-refractivity contribution in [3.63, 3.8) is 0 Å². The highest BCUT2D eigenvalue weighted by molar-refractivity contribution is 5.68. The van der Waals surface area contributed by atoms with E-state index < -0.39 is 71.2 Å². The first-order valence-corrected chi connectivity index (χ1v) is 16.9. The molecule has 278 valence electrons. The Hall–Kier alpha value is -4.95. The van der Waals surface area contributed by atoms with E-state index in [9.17, 15) is 32.7 Å². The van der Waals surface area contributed by atoms with Crippen molar-refractivity contribution in [2.24, 2.45) is 0 Å². The van der Waals surface area contributed by atoms with Crippen LogP contribution in [0.4, 0.5) is 28.0 Å². The molecule has 1 aliphatic heterocycles. The van der Waals surface area contributed by atoms with Gasteiger partial charge in [0, 0.05) is 37.4 Å². The van der Waals surface area contributed by atoms with Crippen LogP contribution in [0.1, 0.15) is 54.8 Å². The summed E-state index contributed by atoms with van der Waals surface area (Å²) >= 11 is 0. The van der Waals surface area contributed by atoms with Crippen LogP contribution in [-0.2, 0) is 30.5 Å². The van der Waals surface area contributed by atoms with Gasteiger partial charge in [-0.3, -0.25) is 18.8 Å². The molecule has 2 heterocycles. The molecular formula is C38H43F4N5O5. The quantitative estimate of drug-likeness (QED) is 0.209. The number of rotatable bonds is 10. The summed E-state index contributed by atoms with van der Waals surface area (Å²) in [6.07, 6.45) is -5.74. The van der Waals surface area contributed by atoms with Crippen LogP contribution in [0.3, 0.4) is 0 Å². The number of alkyl carbamates (subject to hydrolysis) is 1. The van der Waals surface area contributed by atoms with Gasteiger partial charge in [0.25, 0.3) is 5.56 Å². The minimum absolute atomic E-state index is 0.0198. The molecule has 1 amide bonds. The number of alkyl halides is 3. The van der Waals surface area contributed by atoms with E-state index in [4.69, 9.17) is 4.74 Å². The van der Waals surface area contributed by atoms with Crippen molar-refractivity contribution in [1.82, 2.24) is 19.4 Å². The first-order valence-electron chi connectivity index (χ1n) is 16.9. The van der Waals surface area contributed by atoms with Crippen LogP contribution in [-0.4, -0.2) is 63.1 Å².